The fourth-order valence-electron chi connectivity index (χ4n) is 2.41. The first-order valence-electron chi connectivity index (χ1n) is 7.08. The molecule has 0 aliphatic carbocycles. The summed E-state index contributed by atoms with van der Waals surface area (Å²) in [5, 5.41) is 1.03. The maximum absolute atomic E-state index is 5.88. The van der Waals surface area contributed by atoms with Crippen LogP contribution in [-0.4, -0.2) is 35.2 Å². The third-order valence-corrected chi connectivity index (χ3v) is 4.30. The monoisotopic (exact) mass is 289 g/mol. The van der Waals surface area contributed by atoms with E-state index in [4.69, 9.17) is 4.74 Å². The van der Waals surface area contributed by atoms with Gasteiger partial charge in [0.1, 0.15) is 5.82 Å². The van der Waals surface area contributed by atoms with E-state index in [0.29, 0.717) is 0 Å². The molecule has 3 rings (SSSR count). The standard InChI is InChI=1S/C15H19N3OS/c1-2-14-16-15(20-17-14)18-8-9-19-13(11-18)10-12-6-4-3-5-7-12/h3-7,13H,2,8-11H2,1H3/t13-/m0/s1. The fraction of sp³-hybridized carbons (Fsp3) is 0.467. The largest absolute Gasteiger partial charge is 0.374 e. The molecule has 2 aromatic rings. The van der Waals surface area contributed by atoms with Gasteiger partial charge in [0, 0.05) is 37.5 Å². The summed E-state index contributed by atoms with van der Waals surface area (Å²) in [6.07, 6.45) is 2.09. The van der Waals surface area contributed by atoms with Gasteiger partial charge < -0.3 is 9.64 Å². The molecule has 0 N–H and O–H groups in total. The van der Waals surface area contributed by atoms with Crippen molar-refractivity contribution >= 4 is 16.7 Å². The van der Waals surface area contributed by atoms with E-state index in [1.165, 1.54) is 17.1 Å². The molecule has 5 heteroatoms. The molecule has 1 aromatic carbocycles. The third kappa shape index (κ3) is 3.16. The van der Waals surface area contributed by atoms with E-state index in [0.717, 1.165) is 43.5 Å². The van der Waals surface area contributed by atoms with E-state index in [2.05, 4.69) is 45.4 Å². The minimum Gasteiger partial charge on any atom is -0.374 e. The molecule has 1 atom stereocenters. The Morgan fingerprint density at radius 3 is 2.95 bits per heavy atom. The van der Waals surface area contributed by atoms with Crippen molar-refractivity contribution in [3.8, 4) is 0 Å². The summed E-state index contributed by atoms with van der Waals surface area (Å²) >= 11 is 1.50. The van der Waals surface area contributed by atoms with Crippen molar-refractivity contribution in [2.45, 2.75) is 25.9 Å². The highest BCUT2D eigenvalue weighted by atomic mass is 32.1. The molecule has 1 fully saturated rings. The van der Waals surface area contributed by atoms with Gasteiger partial charge in [0.2, 0.25) is 5.13 Å². The van der Waals surface area contributed by atoms with Crippen LogP contribution >= 0.6 is 11.5 Å². The van der Waals surface area contributed by atoms with Crippen LogP contribution in [-0.2, 0) is 17.6 Å². The molecule has 0 spiro atoms. The number of hydrogen-bond acceptors (Lipinski definition) is 5. The van der Waals surface area contributed by atoms with Gasteiger partial charge in [-0.1, -0.05) is 37.3 Å². The van der Waals surface area contributed by atoms with Gasteiger partial charge in [0.25, 0.3) is 0 Å². The van der Waals surface area contributed by atoms with Crippen LogP contribution in [0.25, 0.3) is 0 Å². The van der Waals surface area contributed by atoms with Crippen LogP contribution in [0.5, 0.6) is 0 Å². The molecule has 0 amide bonds. The Kier molecular flexibility index (Phi) is 4.28. The van der Waals surface area contributed by atoms with Crippen LogP contribution in [0.15, 0.2) is 30.3 Å². The zero-order valence-corrected chi connectivity index (χ0v) is 12.5. The average molecular weight is 289 g/mol. The highest BCUT2D eigenvalue weighted by molar-refractivity contribution is 7.09. The second-order valence-electron chi connectivity index (χ2n) is 4.98. The zero-order valence-electron chi connectivity index (χ0n) is 11.7. The SMILES string of the molecule is CCc1nsc(N2CCO[C@@H](Cc3ccccc3)C2)n1. The summed E-state index contributed by atoms with van der Waals surface area (Å²) in [7, 11) is 0. The number of aryl methyl sites for hydroxylation is 1. The van der Waals surface area contributed by atoms with Gasteiger partial charge in [-0.25, -0.2) is 4.98 Å². The number of anilines is 1. The molecule has 1 saturated heterocycles. The average Bonchev–Trinajstić information content (AvgIpc) is 2.98. The van der Waals surface area contributed by atoms with E-state index < -0.39 is 0 Å². The number of hydrogen-bond donors (Lipinski definition) is 0. The number of benzene rings is 1. The maximum atomic E-state index is 5.88. The summed E-state index contributed by atoms with van der Waals surface area (Å²) in [6, 6.07) is 10.5. The molecular weight excluding hydrogens is 270 g/mol. The minimum absolute atomic E-state index is 0.236. The predicted octanol–water partition coefficient (Wildman–Crippen LogP) is 2.55. The van der Waals surface area contributed by atoms with Gasteiger partial charge >= 0.3 is 0 Å². The van der Waals surface area contributed by atoms with Crippen LogP contribution < -0.4 is 4.90 Å². The fourth-order valence-corrected chi connectivity index (χ4v) is 3.19. The first-order valence-corrected chi connectivity index (χ1v) is 7.85. The first-order chi connectivity index (χ1) is 9.85. The molecule has 106 valence electrons. The summed E-state index contributed by atoms with van der Waals surface area (Å²) in [5.41, 5.74) is 1.32. The van der Waals surface area contributed by atoms with Crippen molar-refractivity contribution in [3.05, 3.63) is 41.7 Å². The molecule has 4 nitrogen and oxygen atoms in total. The van der Waals surface area contributed by atoms with E-state index in [1.54, 1.807) is 0 Å². The number of morpholine rings is 1. The number of aromatic nitrogens is 2. The van der Waals surface area contributed by atoms with E-state index in [1.807, 2.05) is 6.07 Å². The Hall–Kier alpha value is -1.46. The second-order valence-corrected chi connectivity index (χ2v) is 5.71. The maximum Gasteiger partial charge on any atom is 0.205 e. The highest BCUT2D eigenvalue weighted by Gasteiger charge is 2.23. The topological polar surface area (TPSA) is 38.2 Å². The van der Waals surface area contributed by atoms with Crippen molar-refractivity contribution in [1.29, 1.82) is 0 Å². The van der Waals surface area contributed by atoms with Crippen molar-refractivity contribution in [2.24, 2.45) is 0 Å². The van der Waals surface area contributed by atoms with Gasteiger partial charge in [-0.3, -0.25) is 0 Å². The van der Waals surface area contributed by atoms with E-state index in [9.17, 15) is 0 Å². The second kappa shape index (κ2) is 6.33. The molecule has 0 unspecified atom stereocenters. The normalized spacial score (nSPS) is 19.2. The van der Waals surface area contributed by atoms with Gasteiger partial charge in [-0.15, -0.1) is 0 Å². The third-order valence-electron chi connectivity index (χ3n) is 3.49. The Labute approximate surface area is 123 Å². The van der Waals surface area contributed by atoms with E-state index >= 15 is 0 Å². The van der Waals surface area contributed by atoms with Gasteiger partial charge in [-0.05, 0) is 5.56 Å². The predicted molar refractivity (Wildman–Crippen MR) is 81.4 cm³/mol. The van der Waals surface area contributed by atoms with Crippen LogP contribution in [0, 0.1) is 0 Å². The smallest absolute Gasteiger partial charge is 0.205 e. The summed E-state index contributed by atoms with van der Waals surface area (Å²) in [4.78, 5) is 6.87. The Bertz CT molecular complexity index is 543. The Balaban J connectivity index is 1.64. The first kappa shape index (κ1) is 13.5. The van der Waals surface area contributed by atoms with Crippen LogP contribution in [0.1, 0.15) is 18.3 Å². The molecule has 0 bridgehead atoms. The molecule has 2 heterocycles. The van der Waals surface area contributed by atoms with Crippen LogP contribution in [0.3, 0.4) is 0 Å². The zero-order chi connectivity index (χ0) is 13.8. The molecular formula is C15H19N3OS. The lowest BCUT2D eigenvalue weighted by Gasteiger charge is -2.32. The Morgan fingerprint density at radius 2 is 2.20 bits per heavy atom. The van der Waals surface area contributed by atoms with Crippen molar-refractivity contribution in [1.82, 2.24) is 9.36 Å². The molecule has 0 radical (unpaired) electrons. The van der Waals surface area contributed by atoms with Crippen LogP contribution in [0.2, 0.25) is 0 Å². The minimum atomic E-state index is 0.236. The van der Waals surface area contributed by atoms with Crippen LogP contribution in [0.4, 0.5) is 5.13 Å². The molecule has 0 saturated carbocycles. The molecule has 1 aliphatic rings. The lowest BCUT2D eigenvalue weighted by atomic mass is 10.1. The summed E-state index contributed by atoms with van der Waals surface area (Å²) < 4.78 is 10.2. The lowest BCUT2D eigenvalue weighted by molar-refractivity contribution is 0.0410. The Morgan fingerprint density at radius 1 is 1.35 bits per heavy atom. The molecule has 1 aromatic heterocycles. The molecule has 1 aliphatic heterocycles. The molecule has 20 heavy (non-hydrogen) atoms. The summed E-state index contributed by atoms with van der Waals surface area (Å²) in [6.45, 7) is 4.65. The van der Waals surface area contributed by atoms with Crippen molar-refractivity contribution < 1.29 is 4.74 Å². The number of rotatable bonds is 4. The van der Waals surface area contributed by atoms with Gasteiger partial charge in [-0.2, -0.15) is 4.37 Å². The number of nitrogens with zero attached hydrogens (tertiary/aromatic N) is 3. The lowest BCUT2D eigenvalue weighted by Crippen LogP contribution is -2.43. The van der Waals surface area contributed by atoms with Gasteiger partial charge in [0.15, 0.2) is 0 Å². The van der Waals surface area contributed by atoms with E-state index in [-0.39, 0.29) is 6.10 Å². The summed E-state index contributed by atoms with van der Waals surface area (Å²) in [5.74, 6) is 0.941. The number of ether oxygens (including phenoxy) is 1. The highest BCUT2D eigenvalue weighted by Crippen LogP contribution is 2.21. The van der Waals surface area contributed by atoms with Gasteiger partial charge in [0.05, 0.1) is 12.7 Å². The van der Waals surface area contributed by atoms with Crippen molar-refractivity contribution in [3.63, 3.8) is 0 Å². The quantitative estimate of drug-likeness (QED) is 0.867. The van der Waals surface area contributed by atoms with Crippen molar-refractivity contribution in [2.75, 3.05) is 24.6 Å².